The number of halogens is 5. The van der Waals surface area contributed by atoms with Gasteiger partial charge in [0.05, 0.1) is 12.2 Å². The Bertz CT molecular complexity index is 1470. The van der Waals surface area contributed by atoms with Crippen LogP contribution in [0, 0.1) is 0 Å². The van der Waals surface area contributed by atoms with E-state index in [9.17, 15) is 27.5 Å². The molecule has 0 saturated carbocycles. The minimum atomic E-state index is -4.95. The van der Waals surface area contributed by atoms with E-state index in [1.54, 1.807) is 12.1 Å². The van der Waals surface area contributed by atoms with Crippen molar-refractivity contribution in [3.63, 3.8) is 0 Å². The first-order valence-electron chi connectivity index (χ1n) is 11.7. The molecule has 0 radical (unpaired) electrons. The Morgan fingerprint density at radius 3 is 2.29 bits per heavy atom. The maximum Gasteiger partial charge on any atom is 0.416 e. The second-order valence-electron chi connectivity index (χ2n) is 9.07. The van der Waals surface area contributed by atoms with E-state index in [1.807, 2.05) is 26.0 Å². The van der Waals surface area contributed by atoms with Crippen molar-refractivity contribution in [2.45, 2.75) is 58.2 Å². The smallest absolute Gasteiger partial charge is 0.382 e. The third kappa shape index (κ3) is 5.65. The van der Waals surface area contributed by atoms with Crippen LogP contribution < -0.4 is 5.69 Å². The van der Waals surface area contributed by atoms with Crippen LogP contribution in [0.15, 0.2) is 53.3 Å². The van der Waals surface area contributed by atoms with Crippen LogP contribution in [0.3, 0.4) is 0 Å². The van der Waals surface area contributed by atoms with Crippen molar-refractivity contribution in [1.82, 2.24) is 29.1 Å². The van der Waals surface area contributed by atoms with Crippen LogP contribution in [0.1, 0.15) is 50.1 Å². The quantitative estimate of drug-likeness (QED) is 0.308. The number of aromatic nitrogens is 6. The fraction of sp³-hybridized carbons (Fsp3) is 0.360. The number of aliphatic hydroxyl groups is 1. The summed E-state index contributed by atoms with van der Waals surface area (Å²) in [5.41, 5.74) is 0.904. The summed E-state index contributed by atoms with van der Waals surface area (Å²) in [5, 5.41) is 18.7. The Morgan fingerprint density at radius 1 is 1.03 bits per heavy atom. The monoisotopic (exact) mass is 552 g/mol. The molecule has 0 spiro atoms. The third-order valence-corrected chi connectivity index (χ3v) is 6.12. The van der Waals surface area contributed by atoms with E-state index in [0.717, 1.165) is 14.8 Å². The van der Waals surface area contributed by atoms with Gasteiger partial charge in [-0.25, -0.2) is 23.5 Å². The van der Waals surface area contributed by atoms with E-state index in [1.165, 1.54) is 35.9 Å². The van der Waals surface area contributed by atoms with Crippen LogP contribution in [-0.4, -0.2) is 46.5 Å². The minimum absolute atomic E-state index is 0.00556. The standard InChI is InChI=1S/C25H25ClF4N6O2/c1-14(2)18-6-4-5-7-19(18)36-22(15(3)27)31-21(32-36)13-35-24(38)34(12-20(37)25(28,29)30)23(33-35)16-8-10-17(26)11-9-16/h4-11,14-15,20,37H,12-13H2,1-3H3. The summed E-state index contributed by atoms with van der Waals surface area (Å²) >= 11 is 5.92. The molecule has 0 aliphatic heterocycles. The molecular formula is C25H25ClF4N6O2. The van der Waals surface area contributed by atoms with Gasteiger partial charge in [-0.2, -0.15) is 13.2 Å². The second-order valence-corrected chi connectivity index (χ2v) is 9.50. The highest BCUT2D eigenvalue weighted by Crippen LogP contribution is 2.27. The lowest BCUT2D eigenvalue weighted by atomic mass is 10.0. The largest absolute Gasteiger partial charge is 0.416 e. The molecule has 2 atom stereocenters. The first kappa shape index (κ1) is 27.5. The summed E-state index contributed by atoms with van der Waals surface area (Å²) < 4.78 is 56.9. The first-order chi connectivity index (χ1) is 17.9. The summed E-state index contributed by atoms with van der Waals surface area (Å²) in [6.07, 6.45) is -9.25. The van der Waals surface area contributed by atoms with Crippen LogP contribution in [0.2, 0.25) is 5.02 Å². The van der Waals surface area contributed by atoms with E-state index >= 15 is 0 Å². The van der Waals surface area contributed by atoms with Crippen molar-refractivity contribution in [3.05, 3.63) is 81.3 Å². The molecule has 4 rings (SSSR count). The van der Waals surface area contributed by atoms with Crippen molar-refractivity contribution in [3.8, 4) is 17.1 Å². The van der Waals surface area contributed by atoms with Gasteiger partial charge in [0.15, 0.2) is 29.7 Å². The van der Waals surface area contributed by atoms with Crippen molar-refractivity contribution in [2.24, 2.45) is 0 Å². The number of nitrogens with zero attached hydrogens (tertiary/aromatic N) is 6. The fourth-order valence-corrected chi connectivity index (χ4v) is 4.10. The Morgan fingerprint density at radius 2 is 1.68 bits per heavy atom. The van der Waals surface area contributed by atoms with Gasteiger partial charge in [-0.05, 0) is 48.7 Å². The molecule has 1 N–H and O–H groups in total. The van der Waals surface area contributed by atoms with Crippen LogP contribution >= 0.6 is 11.6 Å². The minimum Gasteiger partial charge on any atom is -0.382 e. The van der Waals surface area contributed by atoms with Crippen molar-refractivity contribution in [1.29, 1.82) is 0 Å². The van der Waals surface area contributed by atoms with Gasteiger partial charge in [-0.15, -0.1) is 10.2 Å². The molecule has 2 heterocycles. The molecule has 38 heavy (non-hydrogen) atoms. The lowest BCUT2D eigenvalue weighted by molar-refractivity contribution is -0.207. The molecular weight excluding hydrogens is 528 g/mol. The third-order valence-electron chi connectivity index (χ3n) is 5.87. The molecule has 0 saturated heterocycles. The van der Waals surface area contributed by atoms with Gasteiger partial charge >= 0.3 is 11.9 Å². The number of hydrogen-bond acceptors (Lipinski definition) is 5. The topological polar surface area (TPSA) is 90.8 Å². The van der Waals surface area contributed by atoms with Crippen molar-refractivity contribution < 1.29 is 22.7 Å². The van der Waals surface area contributed by atoms with Gasteiger partial charge in [0.2, 0.25) is 0 Å². The predicted molar refractivity (Wildman–Crippen MR) is 133 cm³/mol. The van der Waals surface area contributed by atoms with Gasteiger partial charge in [0, 0.05) is 10.6 Å². The van der Waals surface area contributed by atoms with E-state index in [4.69, 9.17) is 11.6 Å². The highest BCUT2D eigenvalue weighted by Gasteiger charge is 2.39. The Labute approximate surface area is 220 Å². The van der Waals surface area contributed by atoms with Crippen molar-refractivity contribution in [2.75, 3.05) is 0 Å². The average molecular weight is 553 g/mol. The zero-order valence-corrected chi connectivity index (χ0v) is 21.4. The van der Waals surface area contributed by atoms with Crippen LogP contribution in [0.4, 0.5) is 17.6 Å². The average Bonchev–Trinajstić information content (AvgIpc) is 3.41. The first-order valence-corrected chi connectivity index (χ1v) is 12.1. The molecule has 0 aliphatic carbocycles. The summed E-state index contributed by atoms with van der Waals surface area (Å²) in [6, 6.07) is 13.3. The van der Waals surface area contributed by atoms with Gasteiger partial charge in [0.1, 0.15) is 6.54 Å². The molecule has 0 bridgehead atoms. The van der Waals surface area contributed by atoms with Crippen LogP contribution in [-0.2, 0) is 13.1 Å². The zero-order chi connectivity index (χ0) is 27.8. The summed E-state index contributed by atoms with van der Waals surface area (Å²) in [5.74, 6) is 0.0281. The molecule has 0 aliphatic rings. The van der Waals surface area contributed by atoms with Gasteiger partial charge < -0.3 is 5.11 Å². The van der Waals surface area contributed by atoms with E-state index in [-0.39, 0.29) is 29.9 Å². The lowest BCUT2D eigenvalue weighted by Crippen LogP contribution is -2.37. The summed E-state index contributed by atoms with van der Waals surface area (Å²) in [6.45, 7) is 3.85. The van der Waals surface area contributed by atoms with Gasteiger partial charge in [-0.3, -0.25) is 4.57 Å². The number of hydrogen-bond donors (Lipinski definition) is 1. The number of rotatable bonds is 8. The maximum atomic E-state index is 14.6. The Balaban J connectivity index is 1.79. The SMILES string of the molecule is CC(C)c1ccccc1-n1nc(Cn2nc(-c3ccc(Cl)cc3)n(CC(O)C(F)(F)F)c2=O)nc1C(C)F. The van der Waals surface area contributed by atoms with Crippen LogP contribution in [0.5, 0.6) is 0 Å². The summed E-state index contributed by atoms with van der Waals surface area (Å²) in [7, 11) is 0. The van der Waals surface area contributed by atoms with E-state index in [2.05, 4.69) is 15.2 Å². The molecule has 0 fully saturated rings. The van der Waals surface area contributed by atoms with E-state index in [0.29, 0.717) is 16.3 Å². The normalized spacial score (nSPS) is 13.7. The van der Waals surface area contributed by atoms with E-state index < -0.39 is 30.7 Å². The molecule has 0 amide bonds. The Kier molecular flexibility index (Phi) is 7.75. The lowest BCUT2D eigenvalue weighted by Gasteiger charge is -2.15. The molecule has 2 unspecified atom stereocenters. The maximum absolute atomic E-state index is 14.6. The Hall–Kier alpha value is -3.51. The number of benzene rings is 2. The second kappa shape index (κ2) is 10.7. The number of para-hydroxylation sites is 1. The zero-order valence-electron chi connectivity index (χ0n) is 20.7. The molecule has 2 aromatic carbocycles. The fourth-order valence-electron chi connectivity index (χ4n) is 3.97. The predicted octanol–water partition coefficient (Wildman–Crippen LogP) is 5.07. The molecule has 13 heteroatoms. The number of alkyl halides is 4. The summed E-state index contributed by atoms with van der Waals surface area (Å²) in [4.78, 5) is 17.4. The van der Waals surface area contributed by atoms with Crippen molar-refractivity contribution >= 4 is 11.6 Å². The molecule has 202 valence electrons. The van der Waals surface area contributed by atoms with Gasteiger partial charge in [-0.1, -0.05) is 43.6 Å². The highest BCUT2D eigenvalue weighted by molar-refractivity contribution is 6.30. The highest BCUT2D eigenvalue weighted by atomic mass is 35.5. The van der Waals surface area contributed by atoms with Crippen LogP contribution in [0.25, 0.3) is 17.1 Å². The molecule has 8 nitrogen and oxygen atoms in total. The van der Waals surface area contributed by atoms with Gasteiger partial charge in [0.25, 0.3) is 0 Å². The molecule has 2 aromatic heterocycles. The number of aliphatic hydroxyl groups excluding tert-OH is 1. The molecule has 4 aromatic rings.